The Balaban J connectivity index is 2.61. The van der Waals surface area contributed by atoms with E-state index in [-0.39, 0.29) is 18.6 Å². The van der Waals surface area contributed by atoms with E-state index in [0.717, 1.165) is 6.26 Å². The van der Waals surface area contributed by atoms with Gasteiger partial charge in [-0.3, -0.25) is 4.18 Å². The van der Waals surface area contributed by atoms with Crippen molar-refractivity contribution in [2.24, 2.45) is 5.92 Å². The van der Waals surface area contributed by atoms with E-state index < -0.39 is 21.8 Å². The number of nitrogens with zero attached hydrogens (tertiary/aromatic N) is 1. The van der Waals surface area contributed by atoms with Crippen molar-refractivity contribution >= 4 is 16.2 Å². The third kappa shape index (κ3) is 5.64. The molecule has 2 atom stereocenters. The number of hydrogen-bond donors (Lipinski definition) is 0. The van der Waals surface area contributed by atoms with E-state index in [4.69, 9.17) is 13.7 Å². The molecule has 1 rings (SSSR count). The highest BCUT2D eigenvalue weighted by molar-refractivity contribution is 7.85. The van der Waals surface area contributed by atoms with Crippen LogP contribution < -0.4 is 0 Å². The topological polar surface area (TPSA) is 82.1 Å². The molecule has 0 radical (unpaired) electrons. The van der Waals surface area contributed by atoms with Crippen LogP contribution in [0.5, 0.6) is 0 Å². The Morgan fingerprint density at radius 3 is 2.35 bits per heavy atom. The highest BCUT2D eigenvalue weighted by Crippen LogP contribution is 2.22. The van der Waals surface area contributed by atoms with Crippen LogP contribution in [0.2, 0.25) is 0 Å². The molecule has 0 spiro atoms. The van der Waals surface area contributed by atoms with E-state index in [1.165, 1.54) is 12.0 Å². The van der Waals surface area contributed by atoms with Gasteiger partial charge in [0, 0.05) is 19.6 Å². The largest absolute Gasteiger partial charge is 0.444 e. The van der Waals surface area contributed by atoms with Gasteiger partial charge in [0.1, 0.15) is 5.60 Å². The van der Waals surface area contributed by atoms with Gasteiger partial charge < -0.3 is 14.4 Å². The normalized spacial score (nSPS) is 23.9. The van der Waals surface area contributed by atoms with Crippen molar-refractivity contribution < 1.29 is 26.9 Å². The highest BCUT2D eigenvalue weighted by Gasteiger charge is 2.37. The van der Waals surface area contributed by atoms with Crippen molar-refractivity contribution in [3.05, 3.63) is 0 Å². The second-order valence-electron chi connectivity index (χ2n) is 5.91. The molecular formula is C12H23NO6S. The van der Waals surface area contributed by atoms with Crippen LogP contribution >= 0.6 is 0 Å². The van der Waals surface area contributed by atoms with Gasteiger partial charge in [-0.1, -0.05) is 0 Å². The van der Waals surface area contributed by atoms with Gasteiger partial charge in [-0.25, -0.2) is 4.79 Å². The standard InChI is InChI=1S/C12H23NO6S/c1-12(2,3)19-11(14)13-6-9(10(7-13)17-4)8-18-20(5,15)16/h9-10H,6-8H2,1-5H3/t9-,10-/m1/s1. The zero-order valence-electron chi connectivity index (χ0n) is 12.6. The minimum atomic E-state index is -3.50. The summed E-state index contributed by atoms with van der Waals surface area (Å²) in [5.74, 6) is -0.192. The lowest BCUT2D eigenvalue weighted by molar-refractivity contribution is 0.0250. The zero-order valence-corrected chi connectivity index (χ0v) is 13.4. The second kappa shape index (κ2) is 6.28. The van der Waals surface area contributed by atoms with Crippen molar-refractivity contribution in [2.75, 3.05) is 33.1 Å². The van der Waals surface area contributed by atoms with E-state index in [9.17, 15) is 13.2 Å². The molecule has 1 aliphatic rings. The predicted octanol–water partition coefficient (Wildman–Crippen LogP) is 0.845. The van der Waals surface area contributed by atoms with Crippen LogP contribution in [-0.2, 0) is 23.8 Å². The fourth-order valence-electron chi connectivity index (χ4n) is 1.96. The first-order valence-corrected chi connectivity index (χ1v) is 8.18. The maximum absolute atomic E-state index is 12.0. The van der Waals surface area contributed by atoms with Gasteiger partial charge in [0.2, 0.25) is 0 Å². The molecule has 0 aromatic heterocycles. The number of methoxy groups -OCH3 is 1. The minimum absolute atomic E-state index is 0.00334. The van der Waals surface area contributed by atoms with Crippen molar-refractivity contribution in [3.8, 4) is 0 Å². The third-order valence-electron chi connectivity index (χ3n) is 2.83. The SMILES string of the molecule is CO[C@@H]1CN(C(=O)OC(C)(C)C)C[C@@H]1COS(C)(=O)=O. The Kier molecular flexibility index (Phi) is 5.39. The molecule has 8 heteroatoms. The fraction of sp³-hybridized carbons (Fsp3) is 0.917. The van der Waals surface area contributed by atoms with Gasteiger partial charge in [-0.15, -0.1) is 0 Å². The van der Waals surface area contributed by atoms with Gasteiger partial charge in [-0.05, 0) is 20.8 Å². The highest BCUT2D eigenvalue weighted by atomic mass is 32.2. The summed E-state index contributed by atoms with van der Waals surface area (Å²) in [6.45, 7) is 6.08. The van der Waals surface area contributed by atoms with Gasteiger partial charge in [-0.2, -0.15) is 8.42 Å². The summed E-state index contributed by atoms with van der Waals surface area (Å²) in [5, 5.41) is 0. The van der Waals surface area contributed by atoms with Crippen molar-refractivity contribution in [3.63, 3.8) is 0 Å². The molecule has 1 amide bonds. The van der Waals surface area contributed by atoms with Crippen LogP contribution in [0.3, 0.4) is 0 Å². The first-order chi connectivity index (χ1) is 9.02. The maximum Gasteiger partial charge on any atom is 0.410 e. The molecule has 1 fully saturated rings. The summed E-state index contributed by atoms with van der Waals surface area (Å²) in [6, 6.07) is 0. The summed E-state index contributed by atoms with van der Waals surface area (Å²) < 4.78 is 37.4. The van der Waals surface area contributed by atoms with E-state index in [1.807, 2.05) is 0 Å². The third-order valence-corrected chi connectivity index (χ3v) is 3.40. The van der Waals surface area contributed by atoms with Gasteiger partial charge in [0.05, 0.1) is 25.5 Å². The van der Waals surface area contributed by atoms with E-state index in [0.29, 0.717) is 13.1 Å². The average Bonchev–Trinajstić information content (AvgIpc) is 2.66. The molecule has 0 unspecified atom stereocenters. The molecule has 1 aliphatic heterocycles. The number of hydrogen-bond acceptors (Lipinski definition) is 6. The Hall–Kier alpha value is -0.860. The monoisotopic (exact) mass is 309 g/mol. The van der Waals surface area contributed by atoms with Crippen molar-refractivity contribution in [2.45, 2.75) is 32.5 Å². The molecule has 7 nitrogen and oxygen atoms in total. The maximum atomic E-state index is 12.0. The number of carbonyl (C=O) groups is 1. The summed E-state index contributed by atoms with van der Waals surface area (Å²) >= 11 is 0. The smallest absolute Gasteiger partial charge is 0.410 e. The average molecular weight is 309 g/mol. The molecule has 118 valence electrons. The summed E-state index contributed by atoms with van der Waals surface area (Å²) in [6.07, 6.45) is 0.306. The zero-order chi connectivity index (χ0) is 15.6. The van der Waals surface area contributed by atoms with E-state index in [1.54, 1.807) is 20.8 Å². The molecule has 1 saturated heterocycles. The first kappa shape index (κ1) is 17.2. The predicted molar refractivity (Wildman–Crippen MR) is 72.9 cm³/mol. The molecule has 0 N–H and O–H groups in total. The van der Waals surface area contributed by atoms with Crippen molar-refractivity contribution in [1.82, 2.24) is 4.90 Å². The van der Waals surface area contributed by atoms with Crippen LogP contribution in [0, 0.1) is 5.92 Å². The van der Waals surface area contributed by atoms with Crippen LogP contribution in [0.15, 0.2) is 0 Å². The van der Waals surface area contributed by atoms with Gasteiger partial charge in [0.25, 0.3) is 10.1 Å². The summed E-state index contributed by atoms with van der Waals surface area (Å²) in [5.41, 5.74) is -0.568. The molecule has 0 aromatic rings. The van der Waals surface area contributed by atoms with Crippen LogP contribution in [0.25, 0.3) is 0 Å². The molecule has 0 aromatic carbocycles. The van der Waals surface area contributed by atoms with Crippen LogP contribution in [0.1, 0.15) is 20.8 Å². The summed E-state index contributed by atoms with van der Waals surface area (Å²) in [7, 11) is -1.98. The first-order valence-electron chi connectivity index (χ1n) is 6.37. The Morgan fingerprint density at radius 1 is 1.30 bits per heavy atom. The van der Waals surface area contributed by atoms with E-state index in [2.05, 4.69) is 0 Å². The lowest BCUT2D eigenvalue weighted by Crippen LogP contribution is -2.36. The van der Waals surface area contributed by atoms with E-state index >= 15 is 0 Å². The molecule has 0 bridgehead atoms. The molecule has 0 saturated carbocycles. The number of carbonyl (C=O) groups excluding carboxylic acids is 1. The van der Waals surface area contributed by atoms with Gasteiger partial charge >= 0.3 is 6.09 Å². The number of rotatable bonds is 4. The Bertz CT molecular complexity index is 441. The van der Waals surface area contributed by atoms with Crippen LogP contribution in [0.4, 0.5) is 4.79 Å². The molecule has 0 aliphatic carbocycles. The number of amides is 1. The Morgan fingerprint density at radius 2 is 1.90 bits per heavy atom. The lowest BCUT2D eigenvalue weighted by atomic mass is 10.1. The Labute approximate surface area is 120 Å². The quantitative estimate of drug-likeness (QED) is 0.716. The molecular weight excluding hydrogens is 286 g/mol. The van der Waals surface area contributed by atoms with Crippen molar-refractivity contribution in [1.29, 1.82) is 0 Å². The summed E-state index contributed by atoms with van der Waals surface area (Å²) in [4.78, 5) is 13.5. The number of likely N-dealkylation sites (tertiary alicyclic amines) is 1. The lowest BCUT2D eigenvalue weighted by Gasteiger charge is -2.24. The molecule has 20 heavy (non-hydrogen) atoms. The molecule has 1 heterocycles. The van der Waals surface area contributed by atoms with Crippen LogP contribution in [-0.4, -0.2) is 64.2 Å². The fourth-order valence-corrected chi connectivity index (χ4v) is 2.38. The minimum Gasteiger partial charge on any atom is -0.444 e. The van der Waals surface area contributed by atoms with Gasteiger partial charge in [0.15, 0.2) is 0 Å². The second-order valence-corrected chi connectivity index (χ2v) is 7.55. The number of ether oxygens (including phenoxy) is 2.